The molecule has 1 aromatic carbocycles. The lowest BCUT2D eigenvalue weighted by Crippen LogP contribution is -2.54. The van der Waals surface area contributed by atoms with Crippen molar-refractivity contribution < 1.29 is 37.0 Å². The fourth-order valence-corrected chi connectivity index (χ4v) is 5.39. The number of ether oxygens (including phenoxy) is 1. The molecule has 8 nitrogen and oxygen atoms in total. The van der Waals surface area contributed by atoms with Crippen LogP contribution >= 0.6 is 0 Å². The molecule has 0 aliphatic carbocycles. The number of carbonyl (C=O) groups is 2. The average Bonchev–Trinajstić information content (AvgIpc) is 3.22. The number of halogens is 4. The number of primary amides is 1. The molecular weight excluding hydrogens is 544 g/mol. The number of nitrogens with two attached hydrogens (primary N) is 1. The van der Waals surface area contributed by atoms with E-state index in [1.54, 1.807) is 18.2 Å². The monoisotopic (exact) mass is 580 g/mol. The Morgan fingerprint density at radius 3 is 2.41 bits per heavy atom. The first-order valence-corrected chi connectivity index (χ1v) is 13.6. The van der Waals surface area contributed by atoms with E-state index < -0.39 is 40.9 Å². The molecule has 2 amide bonds. The highest BCUT2D eigenvalue weighted by Gasteiger charge is 2.49. The maximum atomic E-state index is 15.0. The zero-order chi connectivity index (χ0) is 30.2. The van der Waals surface area contributed by atoms with Gasteiger partial charge in [-0.15, -0.1) is 0 Å². The molecule has 0 spiro atoms. The van der Waals surface area contributed by atoms with Crippen LogP contribution in [-0.4, -0.2) is 82.3 Å². The highest BCUT2D eigenvalue weighted by atomic mass is 19.4. The van der Waals surface area contributed by atoms with Crippen molar-refractivity contribution in [1.82, 2.24) is 14.8 Å². The van der Waals surface area contributed by atoms with Crippen LogP contribution in [-0.2, 0) is 4.79 Å². The van der Waals surface area contributed by atoms with Crippen LogP contribution < -0.4 is 10.5 Å². The van der Waals surface area contributed by atoms with Gasteiger partial charge in [-0.3, -0.25) is 14.6 Å². The predicted molar refractivity (Wildman–Crippen MR) is 143 cm³/mol. The molecule has 2 saturated heterocycles. The van der Waals surface area contributed by atoms with E-state index in [9.17, 15) is 27.9 Å². The molecule has 4 rings (SSSR count). The molecule has 224 valence electrons. The second-order valence-corrected chi connectivity index (χ2v) is 11.9. The number of β-amino-alcohol motifs (C(OH)–C–C–N with tert-alkyl or cyclic N) is 1. The van der Waals surface area contributed by atoms with E-state index in [-0.39, 0.29) is 31.0 Å². The van der Waals surface area contributed by atoms with Crippen molar-refractivity contribution in [2.24, 2.45) is 17.1 Å². The first kappa shape index (κ1) is 30.7. The second kappa shape index (κ2) is 11.6. The minimum Gasteiger partial charge on any atom is -0.492 e. The van der Waals surface area contributed by atoms with Crippen molar-refractivity contribution in [1.29, 1.82) is 0 Å². The molecule has 0 saturated carbocycles. The van der Waals surface area contributed by atoms with Crippen molar-refractivity contribution in [3.63, 3.8) is 0 Å². The van der Waals surface area contributed by atoms with E-state index in [1.165, 1.54) is 39.1 Å². The Morgan fingerprint density at radius 2 is 1.85 bits per heavy atom. The smallest absolute Gasteiger partial charge is 0.395 e. The van der Waals surface area contributed by atoms with Gasteiger partial charge in [0.25, 0.3) is 5.91 Å². The number of aromatic nitrogens is 1. The third kappa shape index (κ3) is 6.64. The summed E-state index contributed by atoms with van der Waals surface area (Å²) >= 11 is 0. The molecule has 12 heteroatoms. The lowest BCUT2D eigenvalue weighted by atomic mass is 9.89. The Bertz CT molecular complexity index is 1260. The van der Waals surface area contributed by atoms with E-state index in [1.807, 2.05) is 4.90 Å². The van der Waals surface area contributed by atoms with Crippen molar-refractivity contribution in [3.8, 4) is 17.0 Å². The number of benzene rings is 1. The SMILES string of the molecule is CC(C)(CN1CCC(COc2ccc(-c3ccc(C(=O)N4C[C@H](O)C[C@@]4(C)C(N)=O)c(F)c3)nc2)CC1)C(F)(F)F. The zero-order valence-corrected chi connectivity index (χ0v) is 23.4. The summed E-state index contributed by atoms with van der Waals surface area (Å²) in [6.07, 6.45) is -2.23. The Labute approximate surface area is 236 Å². The Balaban J connectivity index is 1.32. The van der Waals surface area contributed by atoms with E-state index in [4.69, 9.17) is 10.5 Å². The van der Waals surface area contributed by atoms with E-state index in [0.29, 0.717) is 36.7 Å². The standard InChI is InChI=1S/C29H36F4N4O4/c1-27(2,29(31,32)33)17-36-10-8-18(9-11-36)16-41-21-5-7-24(35-14-21)19-4-6-22(23(30)12-19)25(39)37-15-20(38)13-28(37,3)26(34)40/h4-7,12,14,18,20,38H,8-11,13,15-17H2,1-3H3,(H2,34,40)/t20-,28+/m1/s1. The van der Waals surface area contributed by atoms with Gasteiger partial charge in [-0.25, -0.2) is 4.39 Å². The summed E-state index contributed by atoms with van der Waals surface area (Å²) in [5.41, 5.74) is 2.92. The number of nitrogens with zero attached hydrogens (tertiary/aromatic N) is 3. The fourth-order valence-electron chi connectivity index (χ4n) is 5.39. The van der Waals surface area contributed by atoms with Crippen LogP contribution in [0.15, 0.2) is 36.5 Å². The van der Waals surface area contributed by atoms with Gasteiger partial charge >= 0.3 is 6.18 Å². The van der Waals surface area contributed by atoms with Crippen LogP contribution in [0.1, 0.15) is 50.4 Å². The number of hydrogen-bond donors (Lipinski definition) is 2. The van der Waals surface area contributed by atoms with Gasteiger partial charge in [0.05, 0.1) is 35.6 Å². The number of amides is 2. The maximum absolute atomic E-state index is 15.0. The quantitative estimate of drug-likeness (QED) is 0.457. The van der Waals surface area contributed by atoms with Crippen molar-refractivity contribution in [2.45, 2.75) is 57.9 Å². The van der Waals surface area contributed by atoms with Crippen LogP contribution in [0.2, 0.25) is 0 Å². The first-order chi connectivity index (χ1) is 19.1. The van der Waals surface area contributed by atoms with Gasteiger partial charge < -0.3 is 25.4 Å². The Hall–Kier alpha value is -3.25. The molecule has 2 aromatic rings. The molecule has 2 aliphatic heterocycles. The van der Waals surface area contributed by atoms with Crippen LogP contribution in [0.25, 0.3) is 11.3 Å². The topological polar surface area (TPSA) is 109 Å². The molecule has 3 heterocycles. The van der Waals surface area contributed by atoms with Gasteiger partial charge in [0, 0.05) is 25.1 Å². The molecule has 2 atom stereocenters. The number of piperidine rings is 1. The maximum Gasteiger partial charge on any atom is 0.395 e. The minimum absolute atomic E-state index is 0.0222. The first-order valence-electron chi connectivity index (χ1n) is 13.6. The zero-order valence-electron chi connectivity index (χ0n) is 23.4. The van der Waals surface area contributed by atoms with Gasteiger partial charge in [0.1, 0.15) is 17.1 Å². The van der Waals surface area contributed by atoms with Crippen molar-refractivity contribution in [3.05, 3.63) is 47.9 Å². The van der Waals surface area contributed by atoms with Gasteiger partial charge in [-0.05, 0) is 76.9 Å². The summed E-state index contributed by atoms with van der Waals surface area (Å²) in [5, 5.41) is 10.00. The largest absolute Gasteiger partial charge is 0.492 e. The van der Waals surface area contributed by atoms with Gasteiger partial charge in [-0.1, -0.05) is 6.07 Å². The number of aliphatic hydroxyl groups excluding tert-OH is 1. The lowest BCUT2D eigenvalue weighted by molar-refractivity contribution is -0.217. The molecule has 0 radical (unpaired) electrons. The summed E-state index contributed by atoms with van der Waals surface area (Å²) < 4.78 is 60.5. The molecule has 0 bridgehead atoms. The lowest BCUT2D eigenvalue weighted by Gasteiger charge is -2.38. The van der Waals surface area contributed by atoms with Crippen LogP contribution in [0, 0.1) is 17.2 Å². The summed E-state index contributed by atoms with van der Waals surface area (Å²) in [4.78, 5) is 32.3. The minimum atomic E-state index is -4.25. The number of carbonyl (C=O) groups excluding carboxylic acids is 2. The molecule has 1 aromatic heterocycles. The summed E-state index contributed by atoms with van der Waals surface area (Å²) in [6, 6.07) is 7.39. The van der Waals surface area contributed by atoms with Gasteiger partial charge in [0.15, 0.2) is 0 Å². The van der Waals surface area contributed by atoms with Crippen molar-refractivity contribution in [2.75, 3.05) is 32.8 Å². The fraction of sp³-hybridized carbons (Fsp3) is 0.552. The average molecular weight is 581 g/mol. The molecule has 2 fully saturated rings. The Morgan fingerprint density at radius 1 is 1.17 bits per heavy atom. The van der Waals surface area contributed by atoms with E-state index in [2.05, 4.69) is 4.98 Å². The summed E-state index contributed by atoms with van der Waals surface area (Å²) in [6.45, 7) is 5.32. The highest BCUT2D eigenvalue weighted by molar-refractivity contribution is 5.99. The number of hydrogen-bond acceptors (Lipinski definition) is 6. The summed E-state index contributed by atoms with van der Waals surface area (Å²) in [7, 11) is 0. The van der Waals surface area contributed by atoms with E-state index >= 15 is 4.39 Å². The number of aliphatic hydroxyl groups is 1. The number of alkyl halides is 3. The van der Waals surface area contributed by atoms with Crippen LogP contribution in [0.4, 0.5) is 17.6 Å². The van der Waals surface area contributed by atoms with Gasteiger partial charge in [-0.2, -0.15) is 13.2 Å². The van der Waals surface area contributed by atoms with Crippen molar-refractivity contribution >= 4 is 11.8 Å². The molecule has 41 heavy (non-hydrogen) atoms. The Kier molecular flexibility index (Phi) is 8.65. The third-order valence-corrected chi connectivity index (χ3v) is 8.21. The van der Waals surface area contributed by atoms with Gasteiger partial charge in [0.2, 0.25) is 5.91 Å². The molecule has 3 N–H and O–H groups in total. The number of likely N-dealkylation sites (tertiary alicyclic amines) is 2. The predicted octanol–water partition coefficient (Wildman–Crippen LogP) is 4.02. The van der Waals surface area contributed by atoms with E-state index in [0.717, 1.165) is 17.7 Å². The number of pyridine rings is 1. The van der Waals surface area contributed by atoms with Crippen LogP contribution in [0.3, 0.4) is 0 Å². The third-order valence-electron chi connectivity index (χ3n) is 8.21. The molecular formula is C29H36F4N4O4. The summed E-state index contributed by atoms with van der Waals surface area (Å²) in [5.74, 6) is -1.58. The van der Waals surface area contributed by atoms with Crippen LogP contribution in [0.5, 0.6) is 5.75 Å². The number of rotatable bonds is 8. The highest BCUT2D eigenvalue weighted by Crippen LogP contribution is 2.39. The second-order valence-electron chi connectivity index (χ2n) is 11.9. The molecule has 2 aliphatic rings. The normalized spacial score (nSPS) is 22.6. The molecule has 0 unspecified atom stereocenters.